The van der Waals surface area contributed by atoms with Crippen LogP contribution in [0.15, 0.2) is 24.3 Å². The summed E-state index contributed by atoms with van der Waals surface area (Å²) in [4.78, 5) is 12.1. The van der Waals surface area contributed by atoms with E-state index in [9.17, 15) is 4.79 Å². The van der Waals surface area contributed by atoms with Gasteiger partial charge in [0, 0.05) is 0 Å². The average Bonchev–Trinajstić information content (AvgIpc) is 2.32. The van der Waals surface area contributed by atoms with Gasteiger partial charge < -0.3 is 10.1 Å². The van der Waals surface area contributed by atoms with Gasteiger partial charge in [-0.2, -0.15) is 0 Å². The number of esters is 1. The largest absolute Gasteiger partial charge is 0.464 e. The zero-order valence-electron chi connectivity index (χ0n) is 11.3. The number of carbonyl (C=O) groups excluding carboxylic acids is 1. The van der Waals surface area contributed by atoms with Gasteiger partial charge in [-0.15, -0.1) is 0 Å². The molecule has 1 unspecified atom stereocenters. The van der Waals surface area contributed by atoms with E-state index < -0.39 is 5.54 Å². The minimum atomic E-state index is -0.791. The maximum absolute atomic E-state index is 12.1. The van der Waals surface area contributed by atoms with Gasteiger partial charge in [-0.3, -0.25) is 0 Å². The van der Waals surface area contributed by atoms with Gasteiger partial charge in [0.1, 0.15) is 5.54 Å². The van der Waals surface area contributed by atoms with Crippen LogP contribution in [-0.4, -0.2) is 18.1 Å². The Morgan fingerprint density at radius 3 is 2.56 bits per heavy atom. The molecule has 1 rings (SSSR count). The Morgan fingerprint density at radius 1 is 1.44 bits per heavy atom. The van der Waals surface area contributed by atoms with Crippen LogP contribution < -0.4 is 5.32 Å². The second-order valence-electron chi connectivity index (χ2n) is 4.68. The first-order valence-electron chi connectivity index (χ1n) is 6.11. The van der Waals surface area contributed by atoms with Crippen molar-refractivity contribution in [1.29, 1.82) is 0 Å². The molecule has 0 aliphatic heterocycles. The SMILES string of the molecule is CCOC(=O)C(C)(Nc1ccccc1Cl)C(C)C. The van der Waals surface area contributed by atoms with Crippen LogP contribution in [0.2, 0.25) is 5.02 Å². The lowest BCUT2D eigenvalue weighted by atomic mass is 9.88. The number of halogens is 1. The fraction of sp³-hybridized carbons (Fsp3) is 0.500. The van der Waals surface area contributed by atoms with Gasteiger partial charge in [0.2, 0.25) is 0 Å². The quantitative estimate of drug-likeness (QED) is 0.828. The number of hydrogen-bond acceptors (Lipinski definition) is 3. The summed E-state index contributed by atoms with van der Waals surface area (Å²) in [6, 6.07) is 7.36. The van der Waals surface area contributed by atoms with Gasteiger partial charge in [-0.25, -0.2) is 4.79 Å². The van der Waals surface area contributed by atoms with Crippen molar-refractivity contribution < 1.29 is 9.53 Å². The van der Waals surface area contributed by atoms with Crippen LogP contribution in [0, 0.1) is 5.92 Å². The third kappa shape index (κ3) is 3.16. The van der Waals surface area contributed by atoms with Crippen molar-refractivity contribution in [2.24, 2.45) is 5.92 Å². The molecule has 0 spiro atoms. The Morgan fingerprint density at radius 2 is 2.06 bits per heavy atom. The van der Waals surface area contributed by atoms with Crippen molar-refractivity contribution in [3.63, 3.8) is 0 Å². The van der Waals surface area contributed by atoms with Crippen molar-refractivity contribution in [3.8, 4) is 0 Å². The minimum absolute atomic E-state index is 0.0767. The molecule has 0 fully saturated rings. The molecule has 0 radical (unpaired) electrons. The van der Waals surface area contributed by atoms with Crippen LogP contribution in [0.3, 0.4) is 0 Å². The van der Waals surface area contributed by atoms with E-state index in [0.717, 1.165) is 5.69 Å². The van der Waals surface area contributed by atoms with Gasteiger partial charge in [0.15, 0.2) is 0 Å². The molecule has 0 aromatic heterocycles. The zero-order valence-corrected chi connectivity index (χ0v) is 12.0. The Kier molecular flexibility index (Phi) is 5.03. The molecule has 4 heteroatoms. The standard InChI is InChI=1S/C14H20ClNO2/c1-5-18-13(17)14(4,10(2)3)16-12-9-7-6-8-11(12)15/h6-10,16H,5H2,1-4H3. The first-order valence-corrected chi connectivity index (χ1v) is 6.49. The van der Waals surface area contributed by atoms with E-state index in [0.29, 0.717) is 11.6 Å². The molecular formula is C14H20ClNO2. The number of carbonyl (C=O) groups is 1. The number of rotatable bonds is 5. The predicted molar refractivity (Wildman–Crippen MR) is 75.0 cm³/mol. The lowest BCUT2D eigenvalue weighted by Gasteiger charge is -2.33. The van der Waals surface area contributed by atoms with E-state index in [2.05, 4.69) is 5.32 Å². The summed E-state index contributed by atoms with van der Waals surface area (Å²) in [5.41, 5.74) is -0.0514. The van der Waals surface area contributed by atoms with Crippen molar-refractivity contribution in [1.82, 2.24) is 0 Å². The van der Waals surface area contributed by atoms with Crippen LogP contribution in [0.4, 0.5) is 5.69 Å². The third-order valence-electron chi connectivity index (χ3n) is 3.12. The zero-order chi connectivity index (χ0) is 13.8. The Bertz CT molecular complexity index is 420. The van der Waals surface area contributed by atoms with Crippen molar-refractivity contribution in [2.75, 3.05) is 11.9 Å². The van der Waals surface area contributed by atoms with Crippen LogP contribution >= 0.6 is 11.6 Å². The highest BCUT2D eigenvalue weighted by Crippen LogP contribution is 2.29. The Labute approximate surface area is 113 Å². The molecule has 100 valence electrons. The van der Waals surface area contributed by atoms with Crippen molar-refractivity contribution in [2.45, 2.75) is 33.2 Å². The van der Waals surface area contributed by atoms with Crippen molar-refractivity contribution in [3.05, 3.63) is 29.3 Å². The molecule has 0 aliphatic carbocycles. The highest BCUT2D eigenvalue weighted by atomic mass is 35.5. The molecule has 0 bridgehead atoms. The maximum atomic E-state index is 12.1. The van der Waals surface area contributed by atoms with Crippen LogP contribution in [0.1, 0.15) is 27.7 Å². The first-order chi connectivity index (χ1) is 8.41. The smallest absolute Gasteiger partial charge is 0.331 e. The summed E-state index contributed by atoms with van der Waals surface area (Å²) >= 11 is 6.10. The second-order valence-corrected chi connectivity index (χ2v) is 5.09. The summed E-state index contributed by atoms with van der Waals surface area (Å²) in [5.74, 6) is -0.187. The predicted octanol–water partition coefficient (Wildman–Crippen LogP) is 3.73. The minimum Gasteiger partial charge on any atom is -0.464 e. The Balaban J connectivity index is 3.00. The molecule has 0 heterocycles. The fourth-order valence-corrected chi connectivity index (χ4v) is 1.74. The van der Waals surface area contributed by atoms with Gasteiger partial charge in [0.25, 0.3) is 0 Å². The summed E-state index contributed by atoms with van der Waals surface area (Å²) in [7, 11) is 0. The number of benzene rings is 1. The third-order valence-corrected chi connectivity index (χ3v) is 3.45. The number of ether oxygens (including phenoxy) is 1. The van der Waals surface area contributed by atoms with Gasteiger partial charge in [-0.1, -0.05) is 37.6 Å². The van der Waals surface area contributed by atoms with E-state index in [4.69, 9.17) is 16.3 Å². The first kappa shape index (κ1) is 14.8. The van der Waals surface area contributed by atoms with Gasteiger partial charge in [-0.05, 0) is 31.9 Å². The Hall–Kier alpha value is -1.22. The maximum Gasteiger partial charge on any atom is 0.331 e. The van der Waals surface area contributed by atoms with Crippen molar-refractivity contribution >= 4 is 23.3 Å². The molecule has 3 nitrogen and oxygen atoms in total. The highest BCUT2D eigenvalue weighted by Gasteiger charge is 2.38. The van der Waals surface area contributed by atoms with Crippen LogP contribution in [0.5, 0.6) is 0 Å². The molecule has 0 amide bonds. The second kappa shape index (κ2) is 6.10. The molecule has 1 N–H and O–H groups in total. The van der Waals surface area contributed by atoms with E-state index >= 15 is 0 Å². The summed E-state index contributed by atoms with van der Waals surface area (Å²) < 4.78 is 5.14. The lowest BCUT2D eigenvalue weighted by molar-refractivity contribution is -0.149. The lowest BCUT2D eigenvalue weighted by Crippen LogP contribution is -2.49. The number of para-hydroxylation sites is 1. The number of anilines is 1. The molecule has 0 aliphatic rings. The van der Waals surface area contributed by atoms with Crippen LogP contribution in [-0.2, 0) is 9.53 Å². The fourth-order valence-electron chi connectivity index (χ4n) is 1.55. The molecule has 1 aromatic rings. The number of hydrogen-bond donors (Lipinski definition) is 1. The highest BCUT2D eigenvalue weighted by molar-refractivity contribution is 6.33. The number of nitrogens with one attached hydrogen (secondary N) is 1. The van der Waals surface area contributed by atoms with E-state index in [-0.39, 0.29) is 11.9 Å². The molecular weight excluding hydrogens is 250 g/mol. The van der Waals surface area contributed by atoms with Gasteiger partial charge in [0.05, 0.1) is 17.3 Å². The topological polar surface area (TPSA) is 38.3 Å². The summed E-state index contributed by atoms with van der Waals surface area (Å²) in [6.45, 7) is 7.94. The molecule has 18 heavy (non-hydrogen) atoms. The van der Waals surface area contributed by atoms with E-state index in [1.807, 2.05) is 39.0 Å². The average molecular weight is 270 g/mol. The molecule has 1 aromatic carbocycles. The molecule has 0 saturated heterocycles. The molecule has 1 atom stereocenters. The van der Waals surface area contributed by atoms with Crippen LogP contribution in [0.25, 0.3) is 0 Å². The summed E-state index contributed by atoms with van der Waals surface area (Å²) in [5, 5.41) is 3.79. The molecule has 0 saturated carbocycles. The normalized spacial score (nSPS) is 14.1. The van der Waals surface area contributed by atoms with Gasteiger partial charge >= 0.3 is 5.97 Å². The monoisotopic (exact) mass is 269 g/mol. The summed E-state index contributed by atoms with van der Waals surface area (Å²) in [6.07, 6.45) is 0. The van der Waals surface area contributed by atoms with E-state index in [1.165, 1.54) is 0 Å². The van der Waals surface area contributed by atoms with E-state index in [1.54, 1.807) is 13.0 Å².